The number of aromatic nitrogens is 4. The number of hydrogen-bond acceptors (Lipinski definition) is 5. The van der Waals surface area contributed by atoms with E-state index in [1.165, 1.54) is 41.7 Å². The maximum atomic E-state index is 6.40. The van der Waals surface area contributed by atoms with Crippen LogP contribution in [-0.2, 0) is 0 Å². The van der Waals surface area contributed by atoms with Crippen LogP contribution in [0.15, 0.2) is 199 Å². The summed E-state index contributed by atoms with van der Waals surface area (Å²) in [4.78, 5) is 16.1. The number of furan rings is 1. The minimum Gasteiger partial charge on any atom is -0.456 e. The van der Waals surface area contributed by atoms with E-state index in [-0.39, 0.29) is 0 Å². The van der Waals surface area contributed by atoms with Crippen LogP contribution in [0.5, 0.6) is 0 Å². The van der Waals surface area contributed by atoms with Crippen molar-refractivity contribution in [2.24, 2.45) is 0 Å². The Morgan fingerprint density at radius 3 is 1.82 bits per heavy atom. The summed E-state index contributed by atoms with van der Waals surface area (Å²) in [6, 6.07) is 69.2. The Bertz CT molecular complexity index is 4230. The fourth-order valence-electron chi connectivity index (χ4n) is 9.91. The highest BCUT2D eigenvalue weighted by molar-refractivity contribution is 7.26. The Labute approximate surface area is 377 Å². The fourth-order valence-corrected chi connectivity index (χ4v) is 11.0. The van der Waals surface area contributed by atoms with Gasteiger partial charge in [0.2, 0.25) is 5.95 Å². The predicted octanol–water partition coefficient (Wildman–Crippen LogP) is 16.7. The van der Waals surface area contributed by atoms with Gasteiger partial charge in [-0.3, -0.25) is 4.57 Å². The quantitative estimate of drug-likeness (QED) is 0.177. The fraction of sp³-hybridized carbons (Fsp3) is 0.0339. The molecule has 6 heteroatoms. The Morgan fingerprint density at radius 2 is 1.00 bits per heavy atom. The molecule has 4 heterocycles. The van der Waals surface area contributed by atoms with Gasteiger partial charge >= 0.3 is 0 Å². The van der Waals surface area contributed by atoms with Gasteiger partial charge in [0.15, 0.2) is 11.6 Å². The minimum atomic E-state index is 0.545. The van der Waals surface area contributed by atoms with E-state index in [2.05, 4.69) is 180 Å². The molecule has 10 aromatic carbocycles. The SMILES string of the molecule is CC.c1ccc2cc(-c3nc(-c4ccc5c(c4)oc4ccccc45)nc(-n4c5ccc6ccccc6c5c5cccc(-c6ccc7sc8ccc9ccccc9c8c7c6)c54)n3)ccc2c1. The molecule has 0 atom stereocenters. The lowest BCUT2D eigenvalue weighted by atomic mass is 9.97. The number of hydrogen-bond donors (Lipinski definition) is 0. The van der Waals surface area contributed by atoms with Gasteiger partial charge in [0.25, 0.3) is 0 Å². The second-order valence-electron chi connectivity index (χ2n) is 16.3. The monoisotopic (exact) mass is 850 g/mol. The van der Waals surface area contributed by atoms with Gasteiger partial charge in [-0.1, -0.05) is 159 Å². The van der Waals surface area contributed by atoms with E-state index in [0.717, 1.165) is 76.8 Å². The molecule has 5 nitrogen and oxygen atoms in total. The molecule has 0 unspecified atom stereocenters. The van der Waals surface area contributed by atoms with Crippen LogP contribution < -0.4 is 0 Å². The maximum absolute atomic E-state index is 6.40. The van der Waals surface area contributed by atoms with Crippen LogP contribution in [0.1, 0.15) is 13.8 Å². The molecule has 0 aliphatic rings. The molecule has 0 saturated carbocycles. The van der Waals surface area contributed by atoms with E-state index in [4.69, 9.17) is 19.4 Å². The molecule has 4 aromatic heterocycles. The highest BCUT2D eigenvalue weighted by Gasteiger charge is 2.23. The molecule has 0 N–H and O–H groups in total. The summed E-state index contributed by atoms with van der Waals surface area (Å²) in [5, 5.41) is 14.2. The maximum Gasteiger partial charge on any atom is 0.238 e. The largest absolute Gasteiger partial charge is 0.456 e. The summed E-state index contributed by atoms with van der Waals surface area (Å²) in [5.74, 6) is 1.71. The second-order valence-corrected chi connectivity index (χ2v) is 17.4. The molecule has 14 rings (SSSR count). The van der Waals surface area contributed by atoms with Gasteiger partial charge in [-0.2, -0.15) is 9.97 Å². The van der Waals surface area contributed by atoms with Crippen LogP contribution >= 0.6 is 11.3 Å². The Morgan fingerprint density at radius 1 is 0.400 bits per heavy atom. The smallest absolute Gasteiger partial charge is 0.238 e. The number of nitrogens with zero attached hydrogens (tertiary/aromatic N) is 4. The van der Waals surface area contributed by atoms with Gasteiger partial charge in [-0.15, -0.1) is 11.3 Å². The van der Waals surface area contributed by atoms with E-state index in [9.17, 15) is 0 Å². The Balaban J connectivity index is 0.00000209. The lowest BCUT2D eigenvalue weighted by Crippen LogP contribution is -2.07. The predicted molar refractivity (Wildman–Crippen MR) is 275 cm³/mol. The molecule has 0 saturated heterocycles. The van der Waals surface area contributed by atoms with E-state index in [0.29, 0.717) is 17.6 Å². The van der Waals surface area contributed by atoms with Crippen LogP contribution in [0, 0.1) is 0 Å². The van der Waals surface area contributed by atoms with Gasteiger partial charge in [0.05, 0.1) is 11.0 Å². The first-order chi connectivity index (χ1) is 32.2. The van der Waals surface area contributed by atoms with Crippen molar-refractivity contribution in [3.05, 3.63) is 194 Å². The molecule has 0 aliphatic heterocycles. The number of fused-ring (bicyclic) bond motifs is 14. The van der Waals surface area contributed by atoms with Crippen molar-refractivity contribution in [1.29, 1.82) is 0 Å². The minimum absolute atomic E-state index is 0.545. The summed E-state index contributed by atoms with van der Waals surface area (Å²) in [6.07, 6.45) is 0. The van der Waals surface area contributed by atoms with E-state index < -0.39 is 0 Å². The summed E-state index contributed by atoms with van der Waals surface area (Å²) >= 11 is 1.85. The van der Waals surface area contributed by atoms with Gasteiger partial charge in [0, 0.05) is 58.4 Å². The third-order valence-corrected chi connectivity index (χ3v) is 14.0. The van der Waals surface area contributed by atoms with E-state index in [1.807, 2.05) is 43.4 Å². The van der Waals surface area contributed by atoms with Crippen molar-refractivity contribution in [3.63, 3.8) is 0 Å². The van der Waals surface area contributed by atoms with Crippen molar-refractivity contribution < 1.29 is 4.42 Å². The summed E-state index contributed by atoms with van der Waals surface area (Å²) in [6.45, 7) is 4.00. The number of benzene rings is 10. The molecule has 65 heavy (non-hydrogen) atoms. The lowest BCUT2D eigenvalue weighted by molar-refractivity contribution is 0.669. The Kier molecular flexibility index (Phi) is 8.45. The average molecular weight is 851 g/mol. The van der Waals surface area contributed by atoms with Crippen molar-refractivity contribution in [2.45, 2.75) is 13.8 Å². The number of thiophene rings is 1. The highest BCUT2D eigenvalue weighted by atomic mass is 32.1. The van der Waals surface area contributed by atoms with Gasteiger partial charge in [-0.25, -0.2) is 4.98 Å². The topological polar surface area (TPSA) is 56.7 Å². The summed E-state index contributed by atoms with van der Waals surface area (Å²) < 4.78 is 11.2. The highest BCUT2D eigenvalue weighted by Crippen LogP contribution is 2.44. The first kappa shape index (κ1) is 37.4. The van der Waals surface area contributed by atoms with Crippen molar-refractivity contribution in [1.82, 2.24) is 19.5 Å². The zero-order chi connectivity index (χ0) is 43.2. The standard InChI is InChI=1S/C57H32N4OS.C2H6/c1-2-13-36-30-38(21-20-33(36)10-1)55-58-56(39-22-26-44-43-16-7-8-19-48(43)62-49(44)32-39)60-57(59-55)61-47-27-23-34-11-3-5-14-40(34)52(47)45-18-9-17-42(54(45)61)37-25-28-50-46(31-37)53-41-15-6-4-12-35(41)24-29-51(53)63-50;1-2/h1-32H;1-2H3. The number of para-hydroxylation sites is 2. The molecular formula is C59H38N4OS. The van der Waals surface area contributed by atoms with Crippen LogP contribution in [0.4, 0.5) is 0 Å². The van der Waals surface area contributed by atoms with E-state index >= 15 is 0 Å². The zero-order valence-corrected chi connectivity index (χ0v) is 36.4. The van der Waals surface area contributed by atoms with Gasteiger partial charge < -0.3 is 4.42 Å². The molecule has 0 fully saturated rings. The second kappa shape index (κ2) is 14.7. The number of rotatable bonds is 4. The molecule has 0 amide bonds. The van der Waals surface area contributed by atoms with Crippen LogP contribution in [-0.4, -0.2) is 19.5 Å². The molecular weight excluding hydrogens is 813 g/mol. The average Bonchev–Trinajstić information content (AvgIpc) is 4.06. The first-order valence-electron chi connectivity index (χ1n) is 22.2. The lowest BCUT2D eigenvalue weighted by Gasteiger charge is -2.13. The third kappa shape index (κ3) is 5.81. The van der Waals surface area contributed by atoms with Crippen LogP contribution in [0.2, 0.25) is 0 Å². The first-order valence-corrected chi connectivity index (χ1v) is 23.0. The van der Waals surface area contributed by atoms with Crippen molar-refractivity contribution in [3.8, 4) is 39.9 Å². The Hall–Kier alpha value is -8.19. The van der Waals surface area contributed by atoms with Crippen molar-refractivity contribution in [2.75, 3.05) is 0 Å². The third-order valence-electron chi connectivity index (χ3n) is 12.8. The molecule has 306 valence electrons. The van der Waals surface area contributed by atoms with Gasteiger partial charge in [0.1, 0.15) is 11.2 Å². The summed E-state index contributed by atoms with van der Waals surface area (Å²) in [7, 11) is 0. The molecule has 0 aliphatic carbocycles. The molecule has 0 spiro atoms. The molecule has 14 aromatic rings. The zero-order valence-electron chi connectivity index (χ0n) is 35.6. The summed E-state index contributed by atoms with van der Waals surface area (Å²) in [5.41, 5.74) is 7.71. The van der Waals surface area contributed by atoms with Gasteiger partial charge in [-0.05, 0) is 86.4 Å². The van der Waals surface area contributed by atoms with Crippen LogP contribution in [0.3, 0.4) is 0 Å². The van der Waals surface area contributed by atoms with E-state index in [1.54, 1.807) is 0 Å². The molecule has 0 bridgehead atoms. The van der Waals surface area contributed by atoms with Crippen LogP contribution in [0.25, 0.3) is 136 Å². The van der Waals surface area contributed by atoms with Crippen molar-refractivity contribution >= 4 is 108 Å². The normalized spacial score (nSPS) is 11.8. The molecule has 0 radical (unpaired) electrons.